The number of hydrogen-bond donors (Lipinski definition) is 3. The van der Waals surface area contributed by atoms with Crippen LogP contribution in [-0.4, -0.2) is 37.3 Å². The normalized spacial score (nSPS) is 14.5. The number of phenols is 1. The molecule has 196 valence electrons. The van der Waals surface area contributed by atoms with Crippen LogP contribution in [0.5, 0.6) is 5.75 Å². The average molecular weight is 535 g/mol. The molecule has 1 amide bonds. The molecule has 0 fully saturated rings. The van der Waals surface area contributed by atoms with Gasteiger partial charge < -0.3 is 15.1 Å². The summed E-state index contributed by atoms with van der Waals surface area (Å²) in [5.41, 5.74) is 0.0905. The summed E-state index contributed by atoms with van der Waals surface area (Å²) in [5, 5.41) is 20.6. The number of nitrogens with one attached hydrogen (secondary N) is 1. The fourth-order valence-electron chi connectivity index (χ4n) is 4.35. The molecule has 1 aliphatic heterocycles. The van der Waals surface area contributed by atoms with Gasteiger partial charge in [0.2, 0.25) is 10.0 Å². The Bertz CT molecular complexity index is 1500. The number of amides is 1. The molecule has 7 nitrogen and oxygen atoms in total. The van der Waals surface area contributed by atoms with Gasteiger partial charge in [-0.3, -0.25) is 9.52 Å². The standard InChI is InChI=1S/C26H25F3N2O5S/c1-25(2,34)21-13-17(26(27,28)29)5-8-19(21)15-4-7-20-16(12-15)10-11-31(24(20)33)18-6-9-23(32)22(14-18)30-37(3,35)36/h4-9,12-14,30,32,34H,10-11H2,1-3H3. The van der Waals surface area contributed by atoms with Gasteiger partial charge >= 0.3 is 6.18 Å². The minimum Gasteiger partial charge on any atom is -0.506 e. The van der Waals surface area contributed by atoms with Crippen LogP contribution >= 0.6 is 0 Å². The fourth-order valence-corrected chi connectivity index (χ4v) is 4.92. The van der Waals surface area contributed by atoms with Gasteiger partial charge in [0.1, 0.15) is 5.75 Å². The molecule has 0 saturated heterocycles. The SMILES string of the molecule is CC(C)(O)c1cc(C(F)(F)F)ccc1-c1ccc2c(c1)CCN(c1ccc(O)c(NS(C)(=O)=O)c1)C2=O. The molecule has 0 saturated carbocycles. The van der Waals surface area contributed by atoms with Crippen molar-refractivity contribution < 1.29 is 36.6 Å². The Labute approximate surface area is 212 Å². The van der Waals surface area contributed by atoms with Crippen LogP contribution in [0.15, 0.2) is 54.6 Å². The number of aromatic hydroxyl groups is 1. The van der Waals surface area contributed by atoms with Crippen LogP contribution in [-0.2, 0) is 28.2 Å². The van der Waals surface area contributed by atoms with Crippen molar-refractivity contribution in [3.8, 4) is 16.9 Å². The lowest BCUT2D eigenvalue weighted by atomic mass is 9.86. The van der Waals surface area contributed by atoms with Crippen molar-refractivity contribution in [2.75, 3.05) is 22.4 Å². The number of rotatable bonds is 5. The molecule has 0 spiro atoms. The Balaban J connectivity index is 1.70. The lowest BCUT2D eigenvalue weighted by Gasteiger charge is -2.30. The Kier molecular flexibility index (Phi) is 6.49. The van der Waals surface area contributed by atoms with Gasteiger partial charge in [-0.25, -0.2) is 8.42 Å². The first-order valence-corrected chi connectivity index (χ1v) is 13.1. The van der Waals surface area contributed by atoms with Gasteiger partial charge in [0.15, 0.2) is 0 Å². The highest BCUT2D eigenvalue weighted by atomic mass is 32.2. The number of halogens is 3. The predicted octanol–water partition coefficient (Wildman–Crippen LogP) is 4.88. The van der Waals surface area contributed by atoms with E-state index >= 15 is 0 Å². The van der Waals surface area contributed by atoms with Crippen molar-refractivity contribution in [2.24, 2.45) is 0 Å². The maximum atomic E-state index is 13.3. The van der Waals surface area contributed by atoms with E-state index < -0.39 is 27.4 Å². The van der Waals surface area contributed by atoms with Crippen molar-refractivity contribution in [3.63, 3.8) is 0 Å². The zero-order valence-corrected chi connectivity index (χ0v) is 21.0. The predicted molar refractivity (Wildman–Crippen MR) is 134 cm³/mol. The summed E-state index contributed by atoms with van der Waals surface area (Å²) in [7, 11) is -3.66. The molecule has 3 aromatic rings. The summed E-state index contributed by atoms with van der Waals surface area (Å²) in [6.45, 7) is 3.08. The van der Waals surface area contributed by atoms with Gasteiger partial charge in [-0.2, -0.15) is 13.2 Å². The van der Waals surface area contributed by atoms with Gasteiger partial charge in [0, 0.05) is 17.8 Å². The van der Waals surface area contributed by atoms with Crippen molar-refractivity contribution in [1.82, 2.24) is 0 Å². The molecule has 1 heterocycles. The van der Waals surface area contributed by atoms with Crippen LogP contribution in [0, 0.1) is 0 Å². The average Bonchev–Trinajstić information content (AvgIpc) is 2.78. The highest BCUT2D eigenvalue weighted by molar-refractivity contribution is 7.92. The number of alkyl halides is 3. The van der Waals surface area contributed by atoms with E-state index in [2.05, 4.69) is 4.72 Å². The number of carbonyl (C=O) groups is 1. The van der Waals surface area contributed by atoms with E-state index in [0.29, 0.717) is 34.4 Å². The molecular formula is C26H25F3N2O5S. The van der Waals surface area contributed by atoms with E-state index in [-0.39, 0.29) is 29.5 Å². The largest absolute Gasteiger partial charge is 0.506 e. The molecule has 1 aliphatic rings. The van der Waals surface area contributed by atoms with Crippen LogP contribution in [0.4, 0.5) is 24.5 Å². The minimum absolute atomic E-state index is 0.0598. The lowest BCUT2D eigenvalue weighted by Crippen LogP contribution is -2.37. The maximum Gasteiger partial charge on any atom is 0.416 e. The molecule has 0 atom stereocenters. The smallest absolute Gasteiger partial charge is 0.416 e. The van der Waals surface area contributed by atoms with Crippen LogP contribution in [0.25, 0.3) is 11.1 Å². The maximum absolute atomic E-state index is 13.3. The van der Waals surface area contributed by atoms with E-state index in [9.17, 15) is 36.6 Å². The first-order valence-electron chi connectivity index (χ1n) is 11.2. The van der Waals surface area contributed by atoms with Crippen LogP contribution < -0.4 is 9.62 Å². The third kappa shape index (κ3) is 5.57. The summed E-state index contributed by atoms with van der Waals surface area (Å²) >= 11 is 0. The molecule has 0 aromatic heterocycles. The highest BCUT2D eigenvalue weighted by Crippen LogP contribution is 2.39. The van der Waals surface area contributed by atoms with E-state index in [1.54, 1.807) is 18.2 Å². The summed E-state index contributed by atoms with van der Waals surface area (Å²) in [4.78, 5) is 14.7. The number of nitrogens with zero attached hydrogens (tertiary/aromatic N) is 1. The van der Waals surface area contributed by atoms with Gasteiger partial charge in [-0.05, 0) is 78.9 Å². The number of carbonyl (C=O) groups excluding carboxylic acids is 1. The zero-order valence-electron chi connectivity index (χ0n) is 20.2. The first kappa shape index (κ1) is 26.5. The molecule has 37 heavy (non-hydrogen) atoms. The summed E-state index contributed by atoms with van der Waals surface area (Å²) in [5.74, 6) is -0.637. The lowest BCUT2D eigenvalue weighted by molar-refractivity contribution is -0.137. The minimum atomic E-state index is -4.56. The van der Waals surface area contributed by atoms with Gasteiger partial charge in [0.25, 0.3) is 5.91 Å². The van der Waals surface area contributed by atoms with Crippen LogP contribution in [0.2, 0.25) is 0 Å². The van der Waals surface area contributed by atoms with Crippen molar-refractivity contribution in [2.45, 2.75) is 32.0 Å². The van der Waals surface area contributed by atoms with Crippen LogP contribution in [0.3, 0.4) is 0 Å². The molecule has 0 aliphatic carbocycles. The number of aliphatic hydroxyl groups is 1. The van der Waals surface area contributed by atoms with Gasteiger partial charge in [0.05, 0.1) is 23.1 Å². The molecule has 0 radical (unpaired) electrons. The summed E-state index contributed by atoms with van der Waals surface area (Å²) < 4.78 is 65.3. The first-order chi connectivity index (χ1) is 17.0. The fraction of sp³-hybridized carbons (Fsp3) is 0.269. The van der Waals surface area contributed by atoms with Crippen molar-refractivity contribution in [3.05, 3.63) is 76.9 Å². The van der Waals surface area contributed by atoms with Crippen LogP contribution in [0.1, 0.15) is 40.9 Å². The third-order valence-corrected chi connectivity index (χ3v) is 6.68. The summed E-state index contributed by atoms with van der Waals surface area (Å²) in [6, 6.07) is 12.3. The Hall–Kier alpha value is -3.57. The third-order valence-electron chi connectivity index (χ3n) is 6.09. The Morgan fingerprint density at radius 3 is 2.27 bits per heavy atom. The summed E-state index contributed by atoms with van der Waals surface area (Å²) in [6.07, 6.45) is -3.20. The zero-order chi connectivity index (χ0) is 27.3. The highest BCUT2D eigenvalue weighted by Gasteiger charge is 2.33. The second-order valence-corrected chi connectivity index (χ2v) is 11.2. The van der Waals surface area contributed by atoms with E-state index in [1.165, 1.54) is 43.0 Å². The Morgan fingerprint density at radius 2 is 1.65 bits per heavy atom. The number of fused-ring (bicyclic) bond motifs is 1. The van der Waals surface area contributed by atoms with E-state index in [0.717, 1.165) is 18.4 Å². The second kappa shape index (κ2) is 9.07. The van der Waals surface area contributed by atoms with Gasteiger partial charge in [-0.1, -0.05) is 18.2 Å². The number of benzene rings is 3. The topological polar surface area (TPSA) is 107 Å². The van der Waals surface area contributed by atoms with E-state index in [1.807, 2.05) is 0 Å². The monoisotopic (exact) mass is 534 g/mol. The number of sulfonamides is 1. The second-order valence-electron chi connectivity index (χ2n) is 9.47. The number of hydrogen-bond acceptors (Lipinski definition) is 5. The Morgan fingerprint density at radius 1 is 0.973 bits per heavy atom. The molecule has 3 N–H and O–H groups in total. The van der Waals surface area contributed by atoms with Crippen molar-refractivity contribution >= 4 is 27.3 Å². The number of phenolic OH excluding ortho intramolecular Hbond substituents is 1. The quantitative estimate of drug-likeness (QED) is 0.405. The van der Waals surface area contributed by atoms with Gasteiger partial charge in [-0.15, -0.1) is 0 Å². The molecule has 0 unspecified atom stereocenters. The van der Waals surface area contributed by atoms with E-state index in [4.69, 9.17) is 0 Å². The number of anilines is 2. The molecule has 0 bridgehead atoms. The molecular weight excluding hydrogens is 509 g/mol. The van der Waals surface area contributed by atoms with Crippen molar-refractivity contribution in [1.29, 1.82) is 0 Å². The molecule has 4 rings (SSSR count). The molecule has 3 aromatic carbocycles. The molecule has 11 heteroatoms.